The van der Waals surface area contributed by atoms with Crippen molar-refractivity contribution < 1.29 is 29.6 Å². The predicted octanol–water partition coefficient (Wildman–Crippen LogP) is 5.60. The lowest BCUT2D eigenvalue weighted by Crippen LogP contribution is -2.09. The van der Waals surface area contributed by atoms with Crippen molar-refractivity contribution in [3.05, 3.63) is 117 Å². The summed E-state index contributed by atoms with van der Waals surface area (Å²) in [6.45, 7) is 1.40. The highest BCUT2D eigenvalue weighted by atomic mass is 32.1. The fourth-order valence-corrected chi connectivity index (χ4v) is 4.65. The van der Waals surface area contributed by atoms with E-state index in [1.165, 1.54) is 30.4 Å². The molecule has 6 nitrogen and oxygen atoms in total. The highest BCUT2D eigenvalue weighted by molar-refractivity contribution is 7.10. The maximum absolute atomic E-state index is 11.9. The first-order valence-electron chi connectivity index (χ1n) is 10.5. The van der Waals surface area contributed by atoms with E-state index in [0.29, 0.717) is 27.3 Å². The van der Waals surface area contributed by atoms with Gasteiger partial charge in [-0.05, 0) is 47.9 Å². The lowest BCUT2D eigenvalue weighted by atomic mass is 9.97. The van der Waals surface area contributed by atoms with Gasteiger partial charge in [-0.1, -0.05) is 54.6 Å². The average Bonchev–Trinajstić information content (AvgIpc) is 3.24. The summed E-state index contributed by atoms with van der Waals surface area (Å²) in [7, 11) is 0. The molecule has 1 heterocycles. The Morgan fingerprint density at radius 1 is 0.882 bits per heavy atom. The summed E-state index contributed by atoms with van der Waals surface area (Å²) in [6, 6.07) is 22.3. The number of carboxylic acid groups (broad SMARTS) is 1. The summed E-state index contributed by atoms with van der Waals surface area (Å²) in [6.07, 6.45) is -1.69. The quantitative estimate of drug-likeness (QED) is 0.287. The fourth-order valence-electron chi connectivity index (χ4n) is 3.60. The van der Waals surface area contributed by atoms with Crippen LogP contribution in [0.2, 0.25) is 0 Å². The fraction of sp³-hybridized carbons (Fsp3) is 0.111. The highest BCUT2D eigenvalue weighted by Crippen LogP contribution is 2.40. The van der Waals surface area contributed by atoms with Gasteiger partial charge in [-0.25, -0.2) is 4.79 Å². The lowest BCUT2D eigenvalue weighted by molar-refractivity contribution is 0.0696. The molecule has 0 radical (unpaired) electrons. The molecule has 4 rings (SSSR count). The van der Waals surface area contributed by atoms with Crippen molar-refractivity contribution in [3.63, 3.8) is 0 Å². The first kappa shape index (κ1) is 23.2. The molecule has 0 aliphatic rings. The Morgan fingerprint density at radius 2 is 1.56 bits per heavy atom. The number of aliphatic hydroxyl groups is 1. The number of rotatable bonds is 8. The second-order valence-electron chi connectivity index (χ2n) is 7.73. The van der Waals surface area contributed by atoms with Crippen molar-refractivity contribution in [3.8, 4) is 11.5 Å². The zero-order valence-electron chi connectivity index (χ0n) is 18.2. The molecule has 4 aromatic rings. The van der Waals surface area contributed by atoms with Crippen molar-refractivity contribution in [1.29, 1.82) is 0 Å². The summed E-state index contributed by atoms with van der Waals surface area (Å²) in [5, 5.41) is 32.3. The van der Waals surface area contributed by atoms with Gasteiger partial charge in [-0.15, -0.1) is 11.3 Å². The van der Waals surface area contributed by atoms with Gasteiger partial charge in [-0.2, -0.15) is 0 Å². The third-order valence-corrected chi connectivity index (χ3v) is 6.43. The van der Waals surface area contributed by atoms with E-state index in [2.05, 4.69) is 0 Å². The Kier molecular flexibility index (Phi) is 6.77. The molecule has 1 aromatic heterocycles. The number of ether oxygens (including phenoxy) is 1. The SMILES string of the molecule is CC(=O)c1csc(C(Oc2ccccc2)c2ccc(C(O)c3cccc(C(=O)O)c3)cc2)c1O. The standard InChI is InChI=1S/C27H22O6S/c1-16(28)22-15-34-26(24(22)30)25(33-21-8-3-2-4-9-21)18-12-10-17(11-13-18)23(29)19-6-5-7-20(14-19)27(31)32/h2-15,23,25,29-30H,1H3,(H,31,32). The van der Waals surface area contributed by atoms with E-state index in [-0.39, 0.29) is 22.7 Å². The lowest BCUT2D eigenvalue weighted by Gasteiger charge is -2.20. The molecule has 0 bridgehead atoms. The first-order valence-corrected chi connectivity index (χ1v) is 11.4. The number of carboxylic acids is 1. The Balaban J connectivity index is 1.68. The molecule has 0 saturated carbocycles. The second kappa shape index (κ2) is 9.91. The minimum absolute atomic E-state index is 0.0962. The van der Waals surface area contributed by atoms with Crippen LogP contribution in [0.15, 0.2) is 84.2 Å². The van der Waals surface area contributed by atoms with Crippen LogP contribution in [0.5, 0.6) is 11.5 Å². The van der Waals surface area contributed by atoms with Crippen molar-refractivity contribution in [2.75, 3.05) is 0 Å². The monoisotopic (exact) mass is 474 g/mol. The minimum Gasteiger partial charge on any atom is -0.506 e. The first-order chi connectivity index (χ1) is 16.3. The predicted molar refractivity (Wildman–Crippen MR) is 129 cm³/mol. The molecular weight excluding hydrogens is 452 g/mol. The van der Waals surface area contributed by atoms with Gasteiger partial charge in [0.2, 0.25) is 0 Å². The van der Waals surface area contributed by atoms with Crippen molar-refractivity contribution in [2.24, 2.45) is 0 Å². The van der Waals surface area contributed by atoms with Crippen LogP contribution in [-0.4, -0.2) is 27.1 Å². The van der Waals surface area contributed by atoms with Crippen LogP contribution in [0.3, 0.4) is 0 Å². The molecule has 0 amide bonds. The zero-order valence-corrected chi connectivity index (χ0v) is 19.0. The maximum atomic E-state index is 11.9. The van der Waals surface area contributed by atoms with Gasteiger partial charge >= 0.3 is 5.97 Å². The summed E-state index contributed by atoms with van der Waals surface area (Å²) >= 11 is 1.24. The molecule has 34 heavy (non-hydrogen) atoms. The van der Waals surface area contributed by atoms with Crippen LogP contribution < -0.4 is 4.74 Å². The number of hydrogen-bond acceptors (Lipinski definition) is 6. The summed E-state index contributed by atoms with van der Waals surface area (Å²) in [4.78, 5) is 23.6. The van der Waals surface area contributed by atoms with Gasteiger partial charge in [0.25, 0.3) is 0 Å². The van der Waals surface area contributed by atoms with Gasteiger partial charge in [-0.3, -0.25) is 4.79 Å². The molecule has 7 heteroatoms. The Bertz CT molecular complexity index is 1310. The third-order valence-electron chi connectivity index (χ3n) is 5.41. The largest absolute Gasteiger partial charge is 0.506 e. The van der Waals surface area contributed by atoms with Crippen LogP contribution in [0.4, 0.5) is 0 Å². The molecule has 3 N–H and O–H groups in total. The van der Waals surface area contributed by atoms with Gasteiger partial charge < -0.3 is 20.1 Å². The molecule has 0 aliphatic heterocycles. The number of Topliss-reactive ketones (excluding diaryl/α,β-unsaturated/α-hetero) is 1. The number of ketones is 1. The van der Waals surface area contributed by atoms with Crippen LogP contribution in [0.25, 0.3) is 0 Å². The van der Waals surface area contributed by atoms with Crippen molar-refractivity contribution >= 4 is 23.1 Å². The van der Waals surface area contributed by atoms with E-state index in [1.54, 1.807) is 53.9 Å². The van der Waals surface area contributed by atoms with E-state index in [0.717, 1.165) is 0 Å². The maximum Gasteiger partial charge on any atom is 0.335 e. The normalized spacial score (nSPS) is 12.6. The number of carbonyl (C=O) groups excluding carboxylic acids is 1. The number of aromatic hydroxyl groups is 1. The summed E-state index contributed by atoms with van der Waals surface area (Å²) in [5.41, 5.74) is 2.09. The smallest absolute Gasteiger partial charge is 0.335 e. The average molecular weight is 475 g/mol. The molecule has 0 aliphatic carbocycles. The second-order valence-corrected chi connectivity index (χ2v) is 8.64. The molecule has 0 spiro atoms. The zero-order chi connectivity index (χ0) is 24.2. The third kappa shape index (κ3) is 4.85. The van der Waals surface area contributed by atoms with E-state index < -0.39 is 18.2 Å². The van der Waals surface area contributed by atoms with E-state index in [1.807, 2.05) is 18.2 Å². The van der Waals surface area contributed by atoms with Gasteiger partial charge in [0.1, 0.15) is 17.6 Å². The number of thiophene rings is 1. The van der Waals surface area contributed by atoms with Gasteiger partial charge in [0.05, 0.1) is 16.0 Å². The van der Waals surface area contributed by atoms with Gasteiger partial charge in [0.15, 0.2) is 11.9 Å². The van der Waals surface area contributed by atoms with Crippen LogP contribution in [0.1, 0.15) is 61.4 Å². The summed E-state index contributed by atoms with van der Waals surface area (Å²) < 4.78 is 6.20. The van der Waals surface area contributed by atoms with E-state index >= 15 is 0 Å². The molecule has 0 fully saturated rings. The molecule has 2 unspecified atom stereocenters. The molecule has 3 aromatic carbocycles. The number of aliphatic hydroxyl groups excluding tert-OH is 1. The number of para-hydroxylation sites is 1. The van der Waals surface area contributed by atoms with Crippen LogP contribution >= 0.6 is 11.3 Å². The Labute approximate surface area is 200 Å². The number of benzene rings is 3. The Morgan fingerprint density at radius 3 is 2.18 bits per heavy atom. The number of aromatic carboxylic acids is 1. The van der Waals surface area contributed by atoms with Crippen LogP contribution in [-0.2, 0) is 0 Å². The topological polar surface area (TPSA) is 104 Å². The van der Waals surface area contributed by atoms with Gasteiger partial charge in [0, 0.05) is 5.38 Å². The number of carbonyl (C=O) groups is 2. The minimum atomic E-state index is -1.06. The number of hydrogen-bond donors (Lipinski definition) is 3. The van der Waals surface area contributed by atoms with Crippen molar-refractivity contribution in [1.82, 2.24) is 0 Å². The van der Waals surface area contributed by atoms with E-state index in [9.17, 15) is 24.9 Å². The van der Waals surface area contributed by atoms with Crippen LogP contribution in [0, 0.1) is 0 Å². The van der Waals surface area contributed by atoms with Crippen molar-refractivity contribution in [2.45, 2.75) is 19.1 Å². The molecular formula is C27H22O6S. The Hall–Kier alpha value is -3.94. The molecule has 2 atom stereocenters. The summed E-state index contributed by atoms with van der Waals surface area (Å²) in [5.74, 6) is -0.807. The highest BCUT2D eigenvalue weighted by Gasteiger charge is 2.25. The van der Waals surface area contributed by atoms with E-state index in [4.69, 9.17) is 4.74 Å². The molecule has 172 valence electrons. The molecule has 0 saturated heterocycles.